The van der Waals surface area contributed by atoms with Gasteiger partial charge in [0.05, 0.1) is 18.4 Å². The van der Waals surface area contributed by atoms with Crippen LogP contribution in [0.1, 0.15) is 31.1 Å². The van der Waals surface area contributed by atoms with Gasteiger partial charge in [-0.2, -0.15) is 0 Å². The van der Waals surface area contributed by atoms with E-state index in [0.717, 1.165) is 0 Å². The molecular weight excluding hydrogens is 386 g/mol. The van der Waals surface area contributed by atoms with Gasteiger partial charge in [0.2, 0.25) is 5.91 Å². The Morgan fingerprint density at radius 1 is 1.17 bits per heavy atom. The molecule has 8 nitrogen and oxygen atoms in total. The van der Waals surface area contributed by atoms with Crippen molar-refractivity contribution < 1.29 is 23.9 Å². The predicted octanol–water partition coefficient (Wildman–Crippen LogP) is 2.81. The van der Waals surface area contributed by atoms with E-state index in [1.165, 1.54) is 7.11 Å². The van der Waals surface area contributed by atoms with Gasteiger partial charge in [0, 0.05) is 5.69 Å². The van der Waals surface area contributed by atoms with Crippen LogP contribution in [0.4, 0.5) is 11.4 Å². The smallest absolute Gasteiger partial charge is 0.265 e. The van der Waals surface area contributed by atoms with Gasteiger partial charge >= 0.3 is 0 Å². The Morgan fingerprint density at radius 3 is 2.60 bits per heavy atom. The molecule has 3 rings (SSSR count). The Kier molecular flexibility index (Phi) is 6.25. The van der Waals surface area contributed by atoms with Crippen molar-refractivity contribution in [3.63, 3.8) is 0 Å². The lowest BCUT2D eigenvalue weighted by atomic mass is 10.0. The van der Waals surface area contributed by atoms with Crippen LogP contribution in [0.3, 0.4) is 0 Å². The maximum absolute atomic E-state index is 12.9. The Hall–Kier alpha value is -3.55. The average molecular weight is 411 g/mol. The number of amides is 3. The lowest BCUT2D eigenvalue weighted by Gasteiger charge is -2.25. The Bertz CT molecular complexity index is 973. The summed E-state index contributed by atoms with van der Waals surface area (Å²) in [5, 5.41) is 8.31. The standard InChI is InChI=1S/C22H25N3O5/c1-12(2)19(25-21(27)15-7-5-6-8-17(15)29-4)22(28)23-14-9-10-18-16(11-14)24-20(26)13(3)30-18/h5-13,19H,1-4H3,(H,23,28)(H,24,26)(H,25,27)/t13-,19-/m0/s1. The number of carbonyl (C=O) groups is 3. The molecule has 158 valence electrons. The molecule has 30 heavy (non-hydrogen) atoms. The summed E-state index contributed by atoms with van der Waals surface area (Å²) in [6.45, 7) is 5.34. The Labute approximate surface area is 174 Å². The van der Waals surface area contributed by atoms with E-state index in [9.17, 15) is 14.4 Å². The number of rotatable bonds is 6. The largest absolute Gasteiger partial charge is 0.496 e. The van der Waals surface area contributed by atoms with Gasteiger partial charge in [-0.05, 0) is 43.2 Å². The average Bonchev–Trinajstić information content (AvgIpc) is 2.72. The van der Waals surface area contributed by atoms with Crippen molar-refractivity contribution in [2.24, 2.45) is 5.92 Å². The normalized spacial score (nSPS) is 16.0. The zero-order chi connectivity index (χ0) is 21.8. The molecule has 0 bridgehead atoms. The highest BCUT2D eigenvalue weighted by molar-refractivity contribution is 6.03. The number of carbonyl (C=O) groups excluding carboxylic acids is 3. The second-order valence-corrected chi connectivity index (χ2v) is 7.34. The molecule has 2 aromatic carbocycles. The minimum absolute atomic E-state index is 0.162. The quantitative estimate of drug-likeness (QED) is 0.678. The second kappa shape index (κ2) is 8.86. The molecule has 0 saturated carbocycles. The second-order valence-electron chi connectivity index (χ2n) is 7.34. The maximum Gasteiger partial charge on any atom is 0.265 e. The van der Waals surface area contributed by atoms with E-state index in [4.69, 9.17) is 9.47 Å². The maximum atomic E-state index is 12.9. The third-order valence-corrected chi connectivity index (χ3v) is 4.77. The SMILES string of the molecule is COc1ccccc1C(=O)N[C@H](C(=O)Nc1ccc2c(c1)NC(=O)[C@H](C)O2)C(C)C. The minimum atomic E-state index is -0.774. The van der Waals surface area contributed by atoms with Crippen molar-refractivity contribution in [3.05, 3.63) is 48.0 Å². The topological polar surface area (TPSA) is 106 Å². The number of benzene rings is 2. The van der Waals surface area contributed by atoms with Crippen molar-refractivity contribution >= 4 is 29.1 Å². The van der Waals surface area contributed by atoms with E-state index >= 15 is 0 Å². The summed E-state index contributed by atoms with van der Waals surface area (Å²) >= 11 is 0. The van der Waals surface area contributed by atoms with Gasteiger partial charge in [-0.15, -0.1) is 0 Å². The molecule has 2 aromatic rings. The lowest BCUT2D eigenvalue weighted by molar-refractivity contribution is -0.122. The molecule has 0 saturated heterocycles. The summed E-state index contributed by atoms with van der Waals surface area (Å²) in [6, 6.07) is 11.0. The van der Waals surface area contributed by atoms with Gasteiger partial charge in [-0.1, -0.05) is 26.0 Å². The highest BCUT2D eigenvalue weighted by Gasteiger charge is 2.27. The van der Waals surface area contributed by atoms with Crippen molar-refractivity contribution in [2.45, 2.75) is 32.9 Å². The number of methoxy groups -OCH3 is 1. The van der Waals surface area contributed by atoms with Gasteiger partial charge in [0.15, 0.2) is 6.10 Å². The van der Waals surface area contributed by atoms with Crippen LogP contribution in [0.5, 0.6) is 11.5 Å². The van der Waals surface area contributed by atoms with Crippen LogP contribution in [0, 0.1) is 5.92 Å². The third-order valence-electron chi connectivity index (χ3n) is 4.77. The highest BCUT2D eigenvalue weighted by Crippen LogP contribution is 2.32. The van der Waals surface area contributed by atoms with Crippen molar-refractivity contribution in [1.82, 2.24) is 5.32 Å². The molecule has 2 atom stereocenters. The third kappa shape index (κ3) is 4.53. The van der Waals surface area contributed by atoms with E-state index in [0.29, 0.717) is 28.4 Å². The van der Waals surface area contributed by atoms with Gasteiger partial charge < -0.3 is 25.4 Å². The van der Waals surface area contributed by atoms with Crippen LogP contribution < -0.4 is 25.4 Å². The molecular formula is C22H25N3O5. The number of nitrogens with one attached hydrogen (secondary N) is 3. The summed E-state index contributed by atoms with van der Waals surface area (Å²) in [6.07, 6.45) is -0.576. The minimum Gasteiger partial charge on any atom is -0.496 e. The number of hydrogen-bond donors (Lipinski definition) is 3. The van der Waals surface area contributed by atoms with Crippen LogP contribution in [-0.2, 0) is 9.59 Å². The fourth-order valence-electron chi connectivity index (χ4n) is 3.09. The van der Waals surface area contributed by atoms with Crippen LogP contribution in [-0.4, -0.2) is 37.0 Å². The van der Waals surface area contributed by atoms with Crippen molar-refractivity contribution in [1.29, 1.82) is 0 Å². The summed E-state index contributed by atoms with van der Waals surface area (Å²) in [5.41, 5.74) is 1.31. The van der Waals surface area contributed by atoms with E-state index in [2.05, 4.69) is 16.0 Å². The lowest BCUT2D eigenvalue weighted by Crippen LogP contribution is -2.47. The zero-order valence-corrected chi connectivity index (χ0v) is 17.3. The fourth-order valence-corrected chi connectivity index (χ4v) is 3.09. The molecule has 0 aromatic heterocycles. The number of hydrogen-bond acceptors (Lipinski definition) is 5. The number of anilines is 2. The van der Waals surface area contributed by atoms with Gasteiger partial charge in [0.1, 0.15) is 17.5 Å². The summed E-state index contributed by atoms with van der Waals surface area (Å²) < 4.78 is 10.7. The van der Waals surface area contributed by atoms with Crippen molar-refractivity contribution in [3.8, 4) is 11.5 Å². The van der Waals surface area contributed by atoms with E-state index < -0.39 is 18.1 Å². The monoisotopic (exact) mass is 411 g/mol. The first-order valence-electron chi connectivity index (χ1n) is 9.66. The van der Waals surface area contributed by atoms with E-state index in [1.807, 2.05) is 13.8 Å². The molecule has 0 unspecified atom stereocenters. The number of ether oxygens (including phenoxy) is 2. The molecule has 1 aliphatic heterocycles. The summed E-state index contributed by atoms with van der Waals surface area (Å²) in [7, 11) is 1.48. The van der Waals surface area contributed by atoms with Crippen molar-refractivity contribution in [2.75, 3.05) is 17.7 Å². The molecule has 3 N–H and O–H groups in total. The first kappa shape index (κ1) is 21.2. The van der Waals surface area contributed by atoms with Crippen LogP contribution in [0.2, 0.25) is 0 Å². The number of fused-ring (bicyclic) bond motifs is 1. The molecule has 3 amide bonds. The molecule has 1 heterocycles. The zero-order valence-electron chi connectivity index (χ0n) is 17.3. The predicted molar refractivity (Wildman–Crippen MR) is 113 cm³/mol. The molecule has 1 aliphatic rings. The molecule has 0 spiro atoms. The number of para-hydroxylation sites is 1. The highest BCUT2D eigenvalue weighted by atomic mass is 16.5. The van der Waals surface area contributed by atoms with E-state index in [1.54, 1.807) is 49.4 Å². The summed E-state index contributed by atoms with van der Waals surface area (Å²) in [5.74, 6) is -0.228. The first-order valence-corrected chi connectivity index (χ1v) is 9.66. The van der Waals surface area contributed by atoms with Crippen LogP contribution >= 0.6 is 0 Å². The fraction of sp³-hybridized carbons (Fsp3) is 0.318. The molecule has 0 aliphatic carbocycles. The molecule has 0 fully saturated rings. The summed E-state index contributed by atoms with van der Waals surface area (Å²) in [4.78, 5) is 37.4. The van der Waals surface area contributed by atoms with Gasteiger partial charge in [-0.25, -0.2) is 0 Å². The Morgan fingerprint density at radius 2 is 1.90 bits per heavy atom. The molecule has 8 heteroatoms. The van der Waals surface area contributed by atoms with Gasteiger partial charge in [-0.3, -0.25) is 14.4 Å². The van der Waals surface area contributed by atoms with E-state index in [-0.39, 0.29) is 17.7 Å². The van der Waals surface area contributed by atoms with Crippen LogP contribution in [0.25, 0.3) is 0 Å². The first-order chi connectivity index (χ1) is 14.3. The molecule has 0 radical (unpaired) electrons. The Balaban J connectivity index is 1.74. The van der Waals surface area contributed by atoms with Crippen LogP contribution in [0.15, 0.2) is 42.5 Å². The van der Waals surface area contributed by atoms with Gasteiger partial charge in [0.25, 0.3) is 11.8 Å².